The largest absolute Gasteiger partial charge is 0.377 e. The first-order valence-corrected chi connectivity index (χ1v) is 6.60. The molecule has 1 aromatic heterocycles. The summed E-state index contributed by atoms with van der Waals surface area (Å²) >= 11 is 0. The number of primary amides is 1. The molecule has 2 aromatic rings. The zero-order valence-electron chi connectivity index (χ0n) is 11.4. The molecule has 0 aliphatic heterocycles. The summed E-state index contributed by atoms with van der Waals surface area (Å²) < 4.78 is 5.57. The van der Waals surface area contributed by atoms with Gasteiger partial charge in [-0.2, -0.15) is 15.4 Å². The van der Waals surface area contributed by atoms with Crippen LogP contribution < -0.4 is 5.73 Å². The van der Waals surface area contributed by atoms with Crippen molar-refractivity contribution in [3.63, 3.8) is 0 Å². The van der Waals surface area contributed by atoms with Gasteiger partial charge in [0.2, 0.25) is 0 Å². The number of H-pyrrole nitrogens is 1. The molecule has 1 amide bonds. The first-order valence-electron chi connectivity index (χ1n) is 6.60. The van der Waals surface area contributed by atoms with Crippen LogP contribution in [0.2, 0.25) is 0 Å². The summed E-state index contributed by atoms with van der Waals surface area (Å²) in [6.45, 7) is 3.41. The number of ether oxygens (including phenoxy) is 1. The van der Waals surface area contributed by atoms with Gasteiger partial charge in [0.15, 0.2) is 5.69 Å². The maximum atomic E-state index is 11.3. The molecule has 106 valence electrons. The van der Waals surface area contributed by atoms with Crippen LogP contribution in [-0.2, 0) is 11.3 Å². The fraction of sp³-hybridized carbons (Fsp3) is 0.357. The molecule has 1 aromatic carbocycles. The van der Waals surface area contributed by atoms with Crippen molar-refractivity contribution < 1.29 is 9.53 Å². The second-order valence-electron chi connectivity index (χ2n) is 4.49. The molecule has 6 nitrogen and oxygen atoms in total. The summed E-state index contributed by atoms with van der Waals surface area (Å²) in [6, 6.07) is 7.66. The van der Waals surface area contributed by atoms with Crippen molar-refractivity contribution in [2.45, 2.75) is 26.4 Å². The zero-order valence-corrected chi connectivity index (χ0v) is 11.4. The lowest BCUT2D eigenvalue weighted by atomic mass is 10.1. The van der Waals surface area contributed by atoms with Gasteiger partial charge in [0.1, 0.15) is 5.69 Å². The number of rotatable bonds is 7. The van der Waals surface area contributed by atoms with Gasteiger partial charge in [0.25, 0.3) is 5.91 Å². The average molecular weight is 274 g/mol. The number of amides is 1. The van der Waals surface area contributed by atoms with E-state index in [2.05, 4.69) is 22.3 Å². The molecule has 6 heteroatoms. The van der Waals surface area contributed by atoms with Gasteiger partial charge in [0.05, 0.1) is 6.61 Å². The first kappa shape index (κ1) is 14.2. The Morgan fingerprint density at radius 2 is 2.25 bits per heavy atom. The average Bonchev–Trinajstić information content (AvgIpc) is 2.94. The highest BCUT2D eigenvalue weighted by molar-refractivity contribution is 5.96. The lowest BCUT2D eigenvalue weighted by Crippen LogP contribution is -2.12. The Bertz CT molecular complexity index is 580. The van der Waals surface area contributed by atoms with Gasteiger partial charge in [-0.3, -0.25) is 4.79 Å². The van der Waals surface area contributed by atoms with E-state index >= 15 is 0 Å². The smallest absolute Gasteiger partial charge is 0.271 e. The quantitative estimate of drug-likeness (QED) is 0.754. The number of unbranched alkanes of at least 4 members (excludes halogenated alkanes) is 1. The van der Waals surface area contributed by atoms with E-state index in [0.29, 0.717) is 12.3 Å². The van der Waals surface area contributed by atoms with Crippen LogP contribution in [0.25, 0.3) is 11.3 Å². The maximum Gasteiger partial charge on any atom is 0.271 e. The number of hydrogen-bond acceptors (Lipinski definition) is 4. The Balaban J connectivity index is 2.13. The molecular weight excluding hydrogens is 256 g/mol. The molecule has 0 aliphatic rings. The van der Waals surface area contributed by atoms with Crippen molar-refractivity contribution in [2.24, 2.45) is 5.73 Å². The second-order valence-corrected chi connectivity index (χ2v) is 4.49. The SMILES string of the molecule is CCCCOCc1cccc(-c2n[nH]nc2C(N)=O)c1. The van der Waals surface area contributed by atoms with Crippen LogP contribution in [0, 0.1) is 0 Å². The summed E-state index contributed by atoms with van der Waals surface area (Å²) in [7, 11) is 0. The van der Waals surface area contributed by atoms with E-state index in [1.54, 1.807) is 0 Å². The number of benzene rings is 1. The molecule has 0 unspecified atom stereocenters. The third-order valence-corrected chi connectivity index (χ3v) is 2.89. The fourth-order valence-corrected chi connectivity index (χ4v) is 1.85. The van der Waals surface area contributed by atoms with Crippen molar-refractivity contribution in [1.82, 2.24) is 15.4 Å². The number of carbonyl (C=O) groups is 1. The van der Waals surface area contributed by atoms with Crippen molar-refractivity contribution in [3.8, 4) is 11.3 Å². The minimum Gasteiger partial charge on any atom is -0.377 e. The molecule has 1 heterocycles. The monoisotopic (exact) mass is 274 g/mol. The topological polar surface area (TPSA) is 93.9 Å². The molecule has 0 spiro atoms. The van der Waals surface area contributed by atoms with Crippen LogP contribution in [0.4, 0.5) is 0 Å². The summed E-state index contributed by atoms with van der Waals surface area (Å²) in [4.78, 5) is 11.3. The molecular formula is C14H18N4O2. The van der Waals surface area contributed by atoms with E-state index in [4.69, 9.17) is 10.5 Å². The Kier molecular flexibility index (Phi) is 4.84. The minimum atomic E-state index is -0.599. The minimum absolute atomic E-state index is 0.147. The van der Waals surface area contributed by atoms with E-state index in [9.17, 15) is 4.79 Å². The Labute approximate surface area is 117 Å². The number of nitrogens with two attached hydrogens (primary N) is 1. The summed E-state index contributed by atoms with van der Waals surface area (Å²) in [6.07, 6.45) is 2.16. The third-order valence-electron chi connectivity index (χ3n) is 2.89. The third kappa shape index (κ3) is 3.42. The molecule has 0 saturated heterocycles. The van der Waals surface area contributed by atoms with Gasteiger partial charge in [0, 0.05) is 12.2 Å². The van der Waals surface area contributed by atoms with Crippen molar-refractivity contribution >= 4 is 5.91 Å². The van der Waals surface area contributed by atoms with Crippen LogP contribution >= 0.6 is 0 Å². The van der Waals surface area contributed by atoms with Crippen molar-refractivity contribution in [3.05, 3.63) is 35.5 Å². The van der Waals surface area contributed by atoms with Crippen LogP contribution in [0.15, 0.2) is 24.3 Å². The highest BCUT2D eigenvalue weighted by atomic mass is 16.5. The predicted molar refractivity (Wildman–Crippen MR) is 74.9 cm³/mol. The van der Waals surface area contributed by atoms with Crippen LogP contribution in [-0.4, -0.2) is 27.9 Å². The maximum absolute atomic E-state index is 11.3. The number of aromatic amines is 1. The van der Waals surface area contributed by atoms with E-state index in [0.717, 1.165) is 30.6 Å². The number of nitrogens with zero attached hydrogens (tertiary/aromatic N) is 2. The number of aromatic nitrogens is 3. The lowest BCUT2D eigenvalue weighted by molar-refractivity contribution is 0.0996. The Morgan fingerprint density at radius 1 is 1.40 bits per heavy atom. The molecule has 2 rings (SSSR count). The van der Waals surface area contributed by atoms with Crippen LogP contribution in [0.1, 0.15) is 35.8 Å². The van der Waals surface area contributed by atoms with E-state index in [1.165, 1.54) is 0 Å². The van der Waals surface area contributed by atoms with Gasteiger partial charge >= 0.3 is 0 Å². The summed E-state index contributed by atoms with van der Waals surface area (Å²) in [5.41, 5.74) is 7.70. The highest BCUT2D eigenvalue weighted by Crippen LogP contribution is 2.20. The van der Waals surface area contributed by atoms with Gasteiger partial charge in [-0.25, -0.2) is 0 Å². The fourth-order valence-electron chi connectivity index (χ4n) is 1.85. The van der Waals surface area contributed by atoms with Crippen LogP contribution in [0.5, 0.6) is 0 Å². The summed E-state index contributed by atoms with van der Waals surface area (Å²) in [5.74, 6) is -0.599. The normalized spacial score (nSPS) is 10.7. The highest BCUT2D eigenvalue weighted by Gasteiger charge is 2.15. The molecule has 0 aliphatic carbocycles. The van der Waals surface area contributed by atoms with Crippen molar-refractivity contribution in [2.75, 3.05) is 6.61 Å². The second kappa shape index (κ2) is 6.81. The number of carbonyl (C=O) groups excluding carboxylic acids is 1. The molecule has 0 radical (unpaired) electrons. The van der Waals surface area contributed by atoms with Crippen LogP contribution in [0.3, 0.4) is 0 Å². The molecule has 0 atom stereocenters. The Hall–Kier alpha value is -2.21. The zero-order chi connectivity index (χ0) is 14.4. The molecule has 3 N–H and O–H groups in total. The van der Waals surface area contributed by atoms with E-state index in [-0.39, 0.29) is 5.69 Å². The standard InChI is InChI=1S/C14H18N4O2/c1-2-3-7-20-9-10-5-4-6-11(8-10)12-13(14(15)19)17-18-16-12/h4-6,8H,2-3,7,9H2,1H3,(H2,15,19)(H,16,17,18). The molecule has 0 saturated carbocycles. The van der Waals surface area contributed by atoms with E-state index < -0.39 is 5.91 Å². The number of nitrogens with one attached hydrogen (secondary N) is 1. The molecule has 0 fully saturated rings. The van der Waals surface area contributed by atoms with Gasteiger partial charge < -0.3 is 10.5 Å². The number of hydrogen-bond donors (Lipinski definition) is 2. The first-order chi connectivity index (χ1) is 9.72. The molecule has 20 heavy (non-hydrogen) atoms. The Morgan fingerprint density at radius 3 is 3.00 bits per heavy atom. The van der Waals surface area contributed by atoms with Gasteiger partial charge in [-0.05, 0) is 18.1 Å². The molecule has 0 bridgehead atoms. The summed E-state index contributed by atoms with van der Waals surface area (Å²) in [5, 5.41) is 10.2. The lowest BCUT2D eigenvalue weighted by Gasteiger charge is -2.05. The van der Waals surface area contributed by atoms with E-state index in [1.807, 2.05) is 24.3 Å². The predicted octanol–water partition coefficient (Wildman–Crippen LogP) is 1.89. The van der Waals surface area contributed by atoms with Crippen molar-refractivity contribution in [1.29, 1.82) is 0 Å². The van der Waals surface area contributed by atoms with Gasteiger partial charge in [-0.1, -0.05) is 31.5 Å². The van der Waals surface area contributed by atoms with Gasteiger partial charge in [-0.15, -0.1) is 0 Å².